The van der Waals surface area contributed by atoms with Crippen LogP contribution in [0.3, 0.4) is 0 Å². The number of carbonyl (C=O) groups is 4. The number of nitrogens with zero attached hydrogens (tertiary/aromatic N) is 2. The third-order valence-electron chi connectivity index (χ3n) is 6.67. The zero-order valence-electron chi connectivity index (χ0n) is 17.2. The molecule has 1 aromatic carbocycles. The molecule has 4 amide bonds. The average Bonchev–Trinajstić information content (AvgIpc) is 3.03. The minimum absolute atomic E-state index is 0.0762. The summed E-state index contributed by atoms with van der Waals surface area (Å²) in [5.74, 6) is -0.978. The van der Waals surface area contributed by atoms with Crippen molar-refractivity contribution in [1.29, 1.82) is 0 Å². The second-order valence-electron chi connectivity index (χ2n) is 8.61. The number of hydrogen-bond donors (Lipinski definition) is 1. The zero-order chi connectivity index (χ0) is 21.1. The molecule has 0 aromatic heterocycles. The van der Waals surface area contributed by atoms with E-state index in [9.17, 15) is 19.2 Å². The van der Waals surface area contributed by atoms with Crippen LogP contribution < -0.4 is 5.32 Å². The Morgan fingerprint density at radius 1 is 0.933 bits per heavy atom. The standard InChI is InChI=1S/C23H29N3O4/c27-20(12-14-26-22(29)18-10-4-5-11-19(18)23(26)30)25-13-6-7-16(15-25)21(28)24-17-8-2-1-3-9-17/h1-3,8-9,16,18-19H,4-7,10-15H2,(H,24,28)/t16-,18-,19+/m0/s1. The lowest BCUT2D eigenvalue weighted by Crippen LogP contribution is -2.45. The molecule has 1 N–H and O–H groups in total. The van der Waals surface area contributed by atoms with Crippen molar-refractivity contribution in [2.45, 2.75) is 44.9 Å². The first-order valence-corrected chi connectivity index (χ1v) is 11.0. The van der Waals surface area contributed by atoms with Crippen molar-refractivity contribution in [3.8, 4) is 0 Å². The van der Waals surface area contributed by atoms with Crippen molar-refractivity contribution >= 4 is 29.3 Å². The maximum Gasteiger partial charge on any atom is 0.233 e. The van der Waals surface area contributed by atoms with Crippen LogP contribution in [0.2, 0.25) is 0 Å². The van der Waals surface area contributed by atoms with Gasteiger partial charge in [-0.05, 0) is 37.8 Å². The number of fused-ring (bicyclic) bond motifs is 1. The minimum Gasteiger partial charge on any atom is -0.342 e. The molecular weight excluding hydrogens is 382 g/mol. The Morgan fingerprint density at radius 3 is 2.27 bits per heavy atom. The molecule has 4 rings (SSSR count). The lowest BCUT2D eigenvalue weighted by atomic mass is 9.81. The van der Waals surface area contributed by atoms with E-state index in [1.807, 2.05) is 30.3 Å². The summed E-state index contributed by atoms with van der Waals surface area (Å²) >= 11 is 0. The maximum absolute atomic E-state index is 12.8. The molecule has 0 unspecified atom stereocenters. The van der Waals surface area contributed by atoms with Gasteiger partial charge in [0.25, 0.3) is 0 Å². The number of hydrogen-bond acceptors (Lipinski definition) is 4. The Hall–Kier alpha value is -2.70. The topological polar surface area (TPSA) is 86.8 Å². The smallest absolute Gasteiger partial charge is 0.233 e. The molecule has 1 aliphatic carbocycles. The summed E-state index contributed by atoms with van der Waals surface area (Å²) in [5.41, 5.74) is 0.749. The Bertz CT molecular complexity index is 801. The number of likely N-dealkylation sites (tertiary alicyclic amines) is 2. The van der Waals surface area contributed by atoms with E-state index in [0.717, 1.165) is 44.2 Å². The van der Waals surface area contributed by atoms with Gasteiger partial charge in [-0.2, -0.15) is 0 Å². The number of rotatable bonds is 5. The van der Waals surface area contributed by atoms with E-state index < -0.39 is 0 Å². The summed E-state index contributed by atoms with van der Waals surface area (Å²) in [7, 11) is 0. The van der Waals surface area contributed by atoms with Gasteiger partial charge in [-0.3, -0.25) is 24.1 Å². The Balaban J connectivity index is 1.30. The molecule has 2 heterocycles. The predicted molar refractivity (Wildman–Crippen MR) is 111 cm³/mol. The second-order valence-corrected chi connectivity index (χ2v) is 8.61. The number of benzene rings is 1. The number of piperidine rings is 1. The Labute approximate surface area is 176 Å². The number of imide groups is 1. The Morgan fingerprint density at radius 2 is 1.60 bits per heavy atom. The lowest BCUT2D eigenvalue weighted by Gasteiger charge is -2.32. The third kappa shape index (κ3) is 4.25. The Kier molecular flexibility index (Phi) is 6.16. The summed E-state index contributed by atoms with van der Waals surface area (Å²) in [5, 5.41) is 2.91. The number of carbonyl (C=O) groups excluding carboxylic acids is 4. The van der Waals surface area contributed by atoms with Crippen molar-refractivity contribution in [2.24, 2.45) is 17.8 Å². The SMILES string of the molecule is O=C(Nc1ccccc1)[C@H]1CCCN(C(=O)CCN2C(=O)[C@H]3CCCC[C@H]3C2=O)C1. The van der Waals surface area contributed by atoms with Gasteiger partial charge in [0.05, 0.1) is 17.8 Å². The molecule has 160 valence electrons. The molecule has 30 heavy (non-hydrogen) atoms. The van der Waals surface area contributed by atoms with Crippen molar-refractivity contribution in [3.05, 3.63) is 30.3 Å². The molecule has 2 saturated heterocycles. The molecule has 0 radical (unpaired) electrons. The fraction of sp³-hybridized carbons (Fsp3) is 0.565. The van der Waals surface area contributed by atoms with E-state index in [1.165, 1.54) is 4.90 Å². The van der Waals surface area contributed by atoms with Crippen molar-refractivity contribution < 1.29 is 19.2 Å². The van der Waals surface area contributed by atoms with Crippen LogP contribution in [0.15, 0.2) is 30.3 Å². The second kappa shape index (κ2) is 8.98. The molecule has 3 aliphatic rings. The molecule has 3 fully saturated rings. The van der Waals surface area contributed by atoms with Crippen LogP contribution in [0, 0.1) is 17.8 Å². The van der Waals surface area contributed by atoms with E-state index in [2.05, 4.69) is 5.32 Å². The van der Waals surface area contributed by atoms with E-state index in [4.69, 9.17) is 0 Å². The van der Waals surface area contributed by atoms with Gasteiger partial charge in [-0.25, -0.2) is 0 Å². The molecule has 0 spiro atoms. The fourth-order valence-corrected chi connectivity index (χ4v) is 5.00. The van der Waals surface area contributed by atoms with Crippen LogP contribution in [0.5, 0.6) is 0 Å². The van der Waals surface area contributed by atoms with E-state index in [0.29, 0.717) is 13.1 Å². The van der Waals surface area contributed by atoms with Crippen LogP contribution >= 0.6 is 0 Å². The van der Waals surface area contributed by atoms with Crippen LogP contribution in [-0.2, 0) is 19.2 Å². The van der Waals surface area contributed by atoms with Crippen molar-refractivity contribution in [1.82, 2.24) is 9.80 Å². The molecule has 3 atom stereocenters. The fourth-order valence-electron chi connectivity index (χ4n) is 5.00. The summed E-state index contributed by atoms with van der Waals surface area (Å²) in [6.07, 6.45) is 5.19. The summed E-state index contributed by atoms with van der Waals surface area (Å²) in [6.45, 7) is 1.15. The number of para-hydroxylation sites is 1. The highest BCUT2D eigenvalue weighted by atomic mass is 16.2. The summed E-state index contributed by atoms with van der Waals surface area (Å²) < 4.78 is 0. The van der Waals surface area contributed by atoms with E-state index in [1.54, 1.807) is 4.90 Å². The van der Waals surface area contributed by atoms with Gasteiger partial charge in [-0.1, -0.05) is 31.0 Å². The average molecular weight is 412 g/mol. The van der Waals surface area contributed by atoms with E-state index in [-0.39, 0.29) is 54.3 Å². The van der Waals surface area contributed by atoms with Gasteiger partial charge in [0.2, 0.25) is 23.6 Å². The number of nitrogens with one attached hydrogen (secondary N) is 1. The zero-order valence-corrected chi connectivity index (χ0v) is 17.2. The highest BCUT2D eigenvalue weighted by Gasteiger charge is 2.48. The first kappa shape index (κ1) is 20.6. The number of amides is 4. The molecule has 7 nitrogen and oxygen atoms in total. The van der Waals surface area contributed by atoms with Crippen molar-refractivity contribution in [2.75, 3.05) is 25.0 Å². The van der Waals surface area contributed by atoms with Gasteiger partial charge in [-0.15, -0.1) is 0 Å². The lowest BCUT2D eigenvalue weighted by molar-refractivity contribution is -0.141. The van der Waals surface area contributed by atoms with Gasteiger partial charge < -0.3 is 10.2 Å². The van der Waals surface area contributed by atoms with Crippen LogP contribution in [-0.4, -0.2) is 53.1 Å². The summed E-state index contributed by atoms with van der Waals surface area (Å²) in [6, 6.07) is 9.30. The molecular formula is C23H29N3O4. The predicted octanol–water partition coefficient (Wildman–Crippen LogP) is 2.43. The van der Waals surface area contributed by atoms with Gasteiger partial charge >= 0.3 is 0 Å². The molecule has 2 aliphatic heterocycles. The van der Waals surface area contributed by atoms with Gasteiger partial charge in [0.15, 0.2) is 0 Å². The molecule has 0 bridgehead atoms. The maximum atomic E-state index is 12.8. The van der Waals surface area contributed by atoms with E-state index >= 15 is 0 Å². The van der Waals surface area contributed by atoms with Crippen molar-refractivity contribution in [3.63, 3.8) is 0 Å². The first-order valence-electron chi connectivity index (χ1n) is 11.0. The number of anilines is 1. The quantitative estimate of drug-likeness (QED) is 0.754. The third-order valence-corrected chi connectivity index (χ3v) is 6.67. The normalized spacial score (nSPS) is 26.5. The highest BCUT2D eigenvalue weighted by molar-refractivity contribution is 6.05. The van der Waals surface area contributed by atoms with Crippen LogP contribution in [0.1, 0.15) is 44.9 Å². The summed E-state index contributed by atoms with van der Waals surface area (Å²) in [4.78, 5) is 53.5. The van der Waals surface area contributed by atoms with Crippen LogP contribution in [0.25, 0.3) is 0 Å². The van der Waals surface area contributed by atoms with Crippen LogP contribution in [0.4, 0.5) is 5.69 Å². The minimum atomic E-state index is -0.249. The first-order chi connectivity index (χ1) is 14.5. The monoisotopic (exact) mass is 411 g/mol. The molecule has 1 aromatic rings. The molecule has 1 saturated carbocycles. The van der Waals surface area contributed by atoms with Gasteiger partial charge in [0.1, 0.15) is 0 Å². The largest absolute Gasteiger partial charge is 0.342 e. The molecule has 7 heteroatoms. The highest BCUT2D eigenvalue weighted by Crippen LogP contribution is 2.38. The van der Waals surface area contributed by atoms with Gasteiger partial charge in [0, 0.05) is 31.7 Å².